The van der Waals surface area contributed by atoms with E-state index in [0.29, 0.717) is 24.2 Å². The molecule has 0 unspecified atom stereocenters. The smallest absolute Gasteiger partial charge is 0.252 e. The van der Waals surface area contributed by atoms with Crippen molar-refractivity contribution in [2.75, 3.05) is 7.11 Å². The molecule has 1 aliphatic rings. The molecule has 1 aromatic heterocycles. The zero-order chi connectivity index (χ0) is 17.1. The first kappa shape index (κ1) is 16.5. The first-order chi connectivity index (χ1) is 11.6. The molecule has 3 rings (SSSR count). The van der Waals surface area contributed by atoms with Crippen molar-refractivity contribution in [1.82, 2.24) is 10.3 Å². The summed E-state index contributed by atoms with van der Waals surface area (Å²) in [7, 11) is 1.59. The lowest BCUT2D eigenvalue weighted by Gasteiger charge is -2.38. The van der Waals surface area contributed by atoms with Crippen molar-refractivity contribution in [1.29, 1.82) is 0 Å². The molecular formula is C19H22N2O3. The molecule has 1 saturated carbocycles. The molecule has 1 atom stereocenters. The zero-order valence-electron chi connectivity index (χ0n) is 13.9. The lowest BCUT2D eigenvalue weighted by Crippen LogP contribution is -2.41. The van der Waals surface area contributed by atoms with Gasteiger partial charge >= 0.3 is 0 Å². The molecule has 1 heterocycles. The molecule has 0 spiro atoms. The summed E-state index contributed by atoms with van der Waals surface area (Å²) in [6.45, 7) is 1.92. The summed E-state index contributed by atoms with van der Waals surface area (Å²) < 4.78 is 5.24. The van der Waals surface area contributed by atoms with E-state index in [-0.39, 0.29) is 24.0 Å². The average Bonchev–Trinajstić information content (AvgIpc) is 2.57. The summed E-state index contributed by atoms with van der Waals surface area (Å²) in [5.41, 5.74) is 2.50. The van der Waals surface area contributed by atoms with Gasteiger partial charge in [-0.1, -0.05) is 18.2 Å². The number of rotatable bonds is 5. The predicted octanol–water partition coefficient (Wildman–Crippen LogP) is 2.64. The van der Waals surface area contributed by atoms with E-state index in [2.05, 4.69) is 10.3 Å². The number of carbonyl (C=O) groups is 1. The second-order valence-electron chi connectivity index (χ2n) is 6.31. The van der Waals surface area contributed by atoms with Crippen LogP contribution in [0.25, 0.3) is 0 Å². The average molecular weight is 326 g/mol. The number of methoxy groups -OCH3 is 1. The Morgan fingerprint density at radius 2 is 2.08 bits per heavy atom. The Hall–Kier alpha value is -2.40. The van der Waals surface area contributed by atoms with Crippen LogP contribution in [0.1, 0.15) is 40.4 Å². The quantitative estimate of drug-likeness (QED) is 0.886. The maximum Gasteiger partial charge on any atom is 0.252 e. The highest BCUT2D eigenvalue weighted by Crippen LogP contribution is 2.38. The number of aryl methyl sites for hydroxylation is 1. The maximum absolute atomic E-state index is 12.7. The van der Waals surface area contributed by atoms with E-state index < -0.39 is 0 Å². The Bertz CT molecular complexity index is 726. The van der Waals surface area contributed by atoms with Crippen LogP contribution in [0, 0.1) is 12.8 Å². The van der Waals surface area contributed by atoms with E-state index in [1.807, 2.05) is 37.3 Å². The molecule has 5 heteroatoms. The molecule has 1 aliphatic carbocycles. The summed E-state index contributed by atoms with van der Waals surface area (Å²) in [6, 6.07) is 9.21. The van der Waals surface area contributed by atoms with Crippen LogP contribution in [0.4, 0.5) is 0 Å². The second-order valence-corrected chi connectivity index (χ2v) is 6.31. The van der Waals surface area contributed by atoms with Crippen molar-refractivity contribution in [3.63, 3.8) is 0 Å². The standard InChI is InChI=1S/C19H22N2O3/c1-12-5-3-4-6-17(12)19(23)21-18(13-7-15(22)8-13)14-9-16(24-2)11-20-10-14/h3-6,9-11,13,15,18,22H,7-8H2,1-2H3,(H,21,23)/t13?,15?,18-/m1/s1. The van der Waals surface area contributed by atoms with Crippen molar-refractivity contribution in [3.8, 4) is 5.75 Å². The van der Waals surface area contributed by atoms with Crippen molar-refractivity contribution in [2.45, 2.75) is 31.9 Å². The predicted molar refractivity (Wildman–Crippen MR) is 90.9 cm³/mol. The van der Waals surface area contributed by atoms with Gasteiger partial charge in [0.25, 0.3) is 5.91 Å². The van der Waals surface area contributed by atoms with Crippen LogP contribution in [0.15, 0.2) is 42.7 Å². The number of nitrogens with one attached hydrogen (secondary N) is 1. The first-order valence-electron chi connectivity index (χ1n) is 8.12. The minimum Gasteiger partial charge on any atom is -0.495 e. The molecule has 2 N–H and O–H groups in total. The van der Waals surface area contributed by atoms with Gasteiger partial charge in [-0.25, -0.2) is 0 Å². The highest BCUT2D eigenvalue weighted by Gasteiger charge is 2.36. The van der Waals surface area contributed by atoms with Gasteiger partial charge in [0.1, 0.15) is 5.75 Å². The third kappa shape index (κ3) is 3.41. The number of carbonyl (C=O) groups excluding carboxylic acids is 1. The minimum atomic E-state index is -0.286. The topological polar surface area (TPSA) is 71.5 Å². The van der Waals surface area contributed by atoms with Gasteiger partial charge in [-0.2, -0.15) is 0 Å². The molecule has 5 nitrogen and oxygen atoms in total. The largest absolute Gasteiger partial charge is 0.495 e. The minimum absolute atomic E-state index is 0.109. The molecule has 0 aliphatic heterocycles. The lowest BCUT2D eigenvalue weighted by atomic mass is 9.75. The van der Waals surface area contributed by atoms with Crippen LogP contribution >= 0.6 is 0 Å². The SMILES string of the molecule is COc1cncc([C@H](NC(=O)c2ccccc2C)C2CC(O)C2)c1. The third-order valence-electron chi connectivity index (χ3n) is 4.63. The number of benzene rings is 1. The number of ether oxygens (including phenoxy) is 1. The molecule has 1 fully saturated rings. The zero-order valence-corrected chi connectivity index (χ0v) is 13.9. The van der Waals surface area contributed by atoms with E-state index in [1.54, 1.807) is 19.5 Å². The molecule has 0 radical (unpaired) electrons. The summed E-state index contributed by atoms with van der Waals surface area (Å²) in [6.07, 6.45) is 4.45. The number of pyridine rings is 1. The summed E-state index contributed by atoms with van der Waals surface area (Å²) >= 11 is 0. The van der Waals surface area contributed by atoms with E-state index in [4.69, 9.17) is 4.74 Å². The molecule has 1 aromatic carbocycles. The first-order valence-corrected chi connectivity index (χ1v) is 8.12. The normalized spacial score (nSPS) is 20.8. The Morgan fingerprint density at radius 3 is 2.75 bits per heavy atom. The fourth-order valence-electron chi connectivity index (χ4n) is 3.14. The number of hydrogen-bond acceptors (Lipinski definition) is 4. The Balaban J connectivity index is 1.85. The van der Waals surface area contributed by atoms with Gasteiger partial charge in [0.05, 0.1) is 25.5 Å². The number of aromatic nitrogens is 1. The molecule has 0 saturated heterocycles. The van der Waals surface area contributed by atoms with E-state index in [9.17, 15) is 9.90 Å². The summed E-state index contributed by atoms with van der Waals surface area (Å²) in [5.74, 6) is 0.742. The van der Waals surface area contributed by atoms with Crippen LogP contribution in [0.3, 0.4) is 0 Å². The summed E-state index contributed by atoms with van der Waals surface area (Å²) in [5, 5.41) is 12.8. The van der Waals surface area contributed by atoms with Crippen LogP contribution in [-0.2, 0) is 0 Å². The third-order valence-corrected chi connectivity index (χ3v) is 4.63. The van der Waals surface area contributed by atoms with Gasteiger partial charge in [0.2, 0.25) is 0 Å². The van der Waals surface area contributed by atoms with Crippen molar-refractivity contribution in [2.24, 2.45) is 5.92 Å². The van der Waals surface area contributed by atoms with Gasteiger partial charge < -0.3 is 15.2 Å². The molecular weight excluding hydrogens is 304 g/mol. The highest BCUT2D eigenvalue weighted by atomic mass is 16.5. The maximum atomic E-state index is 12.7. The van der Waals surface area contributed by atoms with Crippen LogP contribution in [0.5, 0.6) is 5.75 Å². The Kier molecular flexibility index (Phi) is 4.81. The van der Waals surface area contributed by atoms with Crippen LogP contribution < -0.4 is 10.1 Å². The van der Waals surface area contributed by atoms with Gasteiger partial charge in [0.15, 0.2) is 0 Å². The van der Waals surface area contributed by atoms with Gasteiger partial charge in [-0.15, -0.1) is 0 Å². The molecule has 2 aromatic rings. The number of hydrogen-bond donors (Lipinski definition) is 2. The molecule has 0 bridgehead atoms. The van der Waals surface area contributed by atoms with Crippen molar-refractivity contribution >= 4 is 5.91 Å². The number of aliphatic hydroxyl groups excluding tert-OH is 1. The van der Waals surface area contributed by atoms with Crippen LogP contribution in [0.2, 0.25) is 0 Å². The second kappa shape index (κ2) is 7.01. The molecule has 24 heavy (non-hydrogen) atoms. The van der Waals surface area contributed by atoms with Crippen LogP contribution in [-0.4, -0.2) is 29.2 Å². The van der Waals surface area contributed by atoms with E-state index >= 15 is 0 Å². The molecule has 126 valence electrons. The van der Waals surface area contributed by atoms with E-state index in [0.717, 1.165) is 11.1 Å². The molecule has 1 amide bonds. The lowest BCUT2D eigenvalue weighted by molar-refractivity contribution is 0.0234. The Morgan fingerprint density at radius 1 is 1.33 bits per heavy atom. The summed E-state index contributed by atoms with van der Waals surface area (Å²) in [4.78, 5) is 16.9. The fourth-order valence-corrected chi connectivity index (χ4v) is 3.14. The number of nitrogens with zero attached hydrogens (tertiary/aromatic N) is 1. The highest BCUT2D eigenvalue weighted by molar-refractivity contribution is 5.95. The fraction of sp³-hybridized carbons (Fsp3) is 0.368. The number of amides is 1. The van der Waals surface area contributed by atoms with E-state index in [1.165, 1.54) is 0 Å². The van der Waals surface area contributed by atoms with Crippen molar-refractivity contribution < 1.29 is 14.6 Å². The Labute approximate surface area is 141 Å². The monoisotopic (exact) mass is 326 g/mol. The number of aliphatic hydroxyl groups is 1. The van der Waals surface area contributed by atoms with Gasteiger partial charge in [-0.05, 0) is 48.9 Å². The van der Waals surface area contributed by atoms with Gasteiger partial charge in [0, 0.05) is 11.8 Å². The van der Waals surface area contributed by atoms with Gasteiger partial charge in [-0.3, -0.25) is 9.78 Å². The van der Waals surface area contributed by atoms with Crippen molar-refractivity contribution in [3.05, 3.63) is 59.4 Å².